The molecule has 2 aromatic rings. The van der Waals surface area contributed by atoms with Crippen LogP contribution in [0.5, 0.6) is 0 Å². The molecule has 0 unspecified atom stereocenters. The third-order valence-electron chi connectivity index (χ3n) is 4.39. The summed E-state index contributed by atoms with van der Waals surface area (Å²) in [6.45, 7) is 3.69. The van der Waals surface area contributed by atoms with Crippen LogP contribution < -0.4 is 11.2 Å². The van der Waals surface area contributed by atoms with Crippen LogP contribution in [-0.2, 0) is 30.2 Å². The molecule has 1 heterocycles. The molecule has 0 spiro atoms. The lowest BCUT2D eigenvalue weighted by Crippen LogP contribution is -2.38. The second-order valence-electron chi connectivity index (χ2n) is 6.26. The second-order valence-corrected chi connectivity index (χ2v) is 6.26. The molecule has 0 aliphatic carbocycles. The average molecular weight is 358 g/mol. The van der Waals surface area contributed by atoms with Gasteiger partial charge in [0, 0.05) is 32.1 Å². The molecule has 0 bridgehead atoms. The number of hydrogen-bond donors (Lipinski definition) is 0. The minimum absolute atomic E-state index is 0.0385. The molecule has 0 atom stereocenters. The van der Waals surface area contributed by atoms with Gasteiger partial charge in [-0.2, -0.15) is 0 Å². The molecule has 0 radical (unpaired) electrons. The lowest BCUT2D eigenvalue weighted by molar-refractivity contribution is -0.145. The summed E-state index contributed by atoms with van der Waals surface area (Å²) in [6, 6.07) is 6.66. The van der Waals surface area contributed by atoms with Gasteiger partial charge >= 0.3 is 11.7 Å². The molecule has 2 rings (SSSR count). The van der Waals surface area contributed by atoms with Gasteiger partial charge in [0.05, 0.1) is 12.1 Å². The normalized spacial score (nSPS) is 10.6. The maximum absolute atomic E-state index is 12.2. The number of rotatable bonds is 6. The molecule has 138 valence electrons. The van der Waals surface area contributed by atoms with E-state index in [-0.39, 0.29) is 25.2 Å². The smallest absolute Gasteiger partial charge is 0.330 e. The number of aryl methyl sites for hydroxylation is 2. The van der Waals surface area contributed by atoms with Crippen LogP contribution in [0.25, 0.3) is 0 Å². The topological polar surface area (TPSA) is 87.4 Å². The summed E-state index contributed by atoms with van der Waals surface area (Å²) in [7, 11) is 2.87. The zero-order valence-corrected chi connectivity index (χ0v) is 15.4. The Labute approximate surface area is 150 Å². The van der Waals surface area contributed by atoms with Crippen molar-refractivity contribution in [2.45, 2.75) is 33.3 Å². The number of hydrogen-bond acceptors (Lipinski definition) is 5. The van der Waals surface area contributed by atoms with Crippen molar-refractivity contribution in [3.05, 3.63) is 67.5 Å². The van der Waals surface area contributed by atoms with Crippen LogP contribution in [0.2, 0.25) is 0 Å². The summed E-state index contributed by atoms with van der Waals surface area (Å²) in [4.78, 5) is 47.5. The van der Waals surface area contributed by atoms with E-state index in [4.69, 9.17) is 4.74 Å². The first-order chi connectivity index (χ1) is 12.2. The molecule has 0 amide bonds. The van der Waals surface area contributed by atoms with E-state index in [0.717, 1.165) is 15.7 Å². The fourth-order valence-corrected chi connectivity index (χ4v) is 2.42. The molecule has 0 saturated heterocycles. The number of carbonyl (C=O) groups excluding carboxylic acids is 2. The maximum Gasteiger partial charge on any atom is 0.330 e. The summed E-state index contributed by atoms with van der Waals surface area (Å²) < 4.78 is 7.30. The molecule has 0 aliphatic rings. The molecular formula is C19H22N2O5. The third-order valence-corrected chi connectivity index (χ3v) is 4.39. The van der Waals surface area contributed by atoms with Crippen molar-refractivity contribution in [1.29, 1.82) is 0 Å². The van der Waals surface area contributed by atoms with Crippen LogP contribution in [0.3, 0.4) is 0 Å². The van der Waals surface area contributed by atoms with Crippen molar-refractivity contribution in [3.63, 3.8) is 0 Å². The average Bonchev–Trinajstić information content (AvgIpc) is 2.62. The van der Waals surface area contributed by atoms with E-state index in [0.29, 0.717) is 11.3 Å². The molecule has 7 nitrogen and oxygen atoms in total. The highest BCUT2D eigenvalue weighted by Crippen LogP contribution is 2.12. The van der Waals surface area contributed by atoms with E-state index in [1.54, 1.807) is 12.1 Å². The molecule has 1 aromatic carbocycles. The molecular weight excluding hydrogens is 336 g/mol. The monoisotopic (exact) mass is 358 g/mol. The van der Waals surface area contributed by atoms with E-state index in [1.807, 2.05) is 19.9 Å². The summed E-state index contributed by atoms with van der Waals surface area (Å²) in [5.74, 6) is -0.693. The van der Waals surface area contributed by atoms with Gasteiger partial charge in [-0.3, -0.25) is 23.5 Å². The molecule has 0 aliphatic heterocycles. The lowest BCUT2D eigenvalue weighted by atomic mass is 10.0. The first-order valence-corrected chi connectivity index (χ1v) is 8.22. The number of Topliss-reactive ketones (excluding diaryl/α,β-unsaturated/α-hetero) is 1. The van der Waals surface area contributed by atoms with E-state index in [1.165, 1.54) is 24.7 Å². The molecule has 1 aromatic heterocycles. The fraction of sp³-hybridized carbons (Fsp3) is 0.368. The fourth-order valence-electron chi connectivity index (χ4n) is 2.42. The van der Waals surface area contributed by atoms with Crippen LogP contribution in [0.15, 0.2) is 33.9 Å². The number of ketones is 1. The van der Waals surface area contributed by atoms with Crippen LogP contribution in [0.1, 0.15) is 40.0 Å². The van der Waals surface area contributed by atoms with Crippen molar-refractivity contribution < 1.29 is 14.3 Å². The minimum Gasteiger partial charge on any atom is -0.459 e. The summed E-state index contributed by atoms with van der Waals surface area (Å²) in [5, 5.41) is 0. The quantitative estimate of drug-likeness (QED) is 0.575. The van der Waals surface area contributed by atoms with Gasteiger partial charge in [-0.05, 0) is 31.0 Å². The highest BCUT2D eigenvalue weighted by molar-refractivity contribution is 5.97. The third kappa shape index (κ3) is 4.36. The van der Waals surface area contributed by atoms with E-state index in [2.05, 4.69) is 0 Å². The maximum atomic E-state index is 12.2. The molecule has 26 heavy (non-hydrogen) atoms. The van der Waals surface area contributed by atoms with Crippen molar-refractivity contribution in [3.8, 4) is 0 Å². The first-order valence-electron chi connectivity index (χ1n) is 8.22. The van der Waals surface area contributed by atoms with Crippen molar-refractivity contribution in [1.82, 2.24) is 9.13 Å². The van der Waals surface area contributed by atoms with Crippen molar-refractivity contribution in [2.75, 3.05) is 0 Å². The Kier molecular flexibility index (Phi) is 5.92. The van der Waals surface area contributed by atoms with Gasteiger partial charge in [-0.1, -0.05) is 12.1 Å². The Balaban J connectivity index is 1.93. The summed E-state index contributed by atoms with van der Waals surface area (Å²) >= 11 is 0. The van der Waals surface area contributed by atoms with Gasteiger partial charge in [-0.25, -0.2) is 4.79 Å². The number of aromatic nitrogens is 2. The number of ether oxygens (including phenoxy) is 1. The standard InChI is InChI=1S/C19H22N2O5/c1-12-5-6-14(9-13(12)2)16(22)7-8-18(24)26-11-15-10-17(23)21(4)19(25)20(15)3/h5-6,9-10H,7-8,11H2,1-4H3. The molecule has 0 saturated carbocycles. The van der Waals surface area contributed by atoms with Gasteiger partial charge in [0.2, 0.25) is 0 Å². The second kappa shape index (κ2) is 7.95. The number of benzene rings is 1. The highest BCUT2D eigenvalue weighted by Gasteiger charge is 2.13. The van der Waals surface area contributed by atoms with Crippen LogP contribution in [-0.4, -0.2) is 20.9 Å². The first kappa shape index (κ1) is 19.4. The predicted molar refractivity (Wildman–Crippen MR) is 96.2 cm³/mol. The van der Waals surface area contributed by atoms with Gasteiger partial charge in [0.15, 0.2) is 5.78 Å². The largest absolute Gasteiger partial charge is 0.459 e. The Hall–Kier alpha value is -2.96. The van der Waals surface area contributed by atoms with E-state index < -0.39 is 17.2 Å². The zero-order valence-electron chi connectivity index (χ0n) is 15.4. The molecule has 0 fully saturated rings. The molecule has 0 N–H and O–H groups in total. The number of esters is 1. The zero-order chi connectivity index (χ0) is 19.4. The number of carbonyl (C=O) groups is 2. The van der Waals surface area contributed by atoms with Crippen LogP contribution >= 0.6 is 0 Å². The summed E-state index contributed by atoms with van der Waals surface area (Å²) in [5.41, 5.74) is 2.02. The Bertz CT molecular complexity index is 969. The minimum atomic E-state index is -0.560. The predicted octanol–water partition coefficient (Wildman–Crippen LogP) is 1.41. The van der Waals surface area contributed by atoms with E-state index in [9.17, 15) is 19.2 Å². The van der Waals surface area contributed by atoms with Gasteiger partial charge in [0.1, 0.15) is 6.61 Å². The summed E-state index contributed by atoms with van der Waals surface area (Å²) in [6.07, 6.45) is -0.0264. The Morgan fingerprint density at radius 2 is 1.65 bits per heavy atom. The molecule has 7 heteroatoms. The highest BCUT2D eigenvalue weighted by atomic mass is 16.5. The number of nitrogens with zero attached hydrogens (tertiary/aromatic N) is 2. The van der Waals surface area contributed by atoms with Crippen molar-refractivity contribution >= 4 is 11.8 Å². The van der Waals surface area contributed by atoms with Crippen molar-refractivity contribution in [2.24, 2.45) is 14.1 Å². The van der Waals surface area contributed by atoms with Gasteiger partial charge < -0.3 is 4.74 Å². The van der Waals surface area contributed by atoms with E-state index >= 15 is 0 Å². The van der Waals surface area contributed by atoms with Crippen LogP contribution in [0, 0.1) is 13.8 Å². The van der Waals surface area contributed by atoms with Crippen LogP contribution in [0.4, 0.5) is 0 Å². The Morgan fingerprint density at radius 3 is 2.31 bits per heavy atom. The lowest BCUT2D eigenvalue weighted by Gasteiger charge is -2.10. The van der Waals surface area contributed by atoms with Gasteiger partial charge in [-0.15, -0.1) is 0 Å². The SMILES string of the molecule is Cc1ccc(C(=O)CCC(=O)OCc2cc(=O)n(C)c(=O)n2C)cc1C. The van der Waals surface area contributed by atoms with Gasteiger partial charge in [0.25, 0.3) is 5.56 Å². The Morgan fingerprint density at radius 1 is 0.962 bits per heavy atom.